The van der Waals surface area contributed by atoms with Crippen molar-refractivity contribution in [3.05, 3.63) is 59.7 Å². The first-order valence-electron chi connectivity index (χ1n) is 10.4. The van der Waals surface area contributed by atoms with E-state index in [0.717, 1.165) is 24.1 Å². The predicted octanol–water partition coefficient (Wildman–Crippen LogP) is 3.99. The Morgan fingerprint density at radius 3 is 2.69 bits per heavy atom. The third kappa shape index (κ3) is 4.69. The molecule has 2 aromatic rings. The number of rotatable bonds is 7. The van der Waals surface area contributed by atoms with Gasteiger partial charge in [0, 0.05) is 37.4 Å². The van der Waals surface area contributed by atoms with Crippen LogP contribution in [0.2, 0.25) is 0 Å². The van der Waals surface area contributed by atoms with Crippen molar-refractivity contribution in [2.45, 2.75) is 58.7 Å². The van der Waals surface area contributed by atoms with E-state index in [1.807, 2.05) is 45.2 Å². The Hall–Kier alpha value is -2.63. The fourth-order valence-electron chi connectivity index (χ4n) is 3.95. The van der Waals surface area contributed by atoms with Crippen LogP contribution in [0.4, 0.5) is 4.39 Å². The predicted molar refractivity (Wildman–Crippen MR) is 111 cm³/mol. The van der Waals surface area contributed by atoms with Crippen LogP contribution in [-0.2, 0) is 16.1 Å². The summed E-state index contributed by atoms with van der Waals surface area (Å²) in [6.45, 7) is 7.17. The number of nitrogens with zero attached hydrogens (tertiary/aromatic N) is 3. The quantitative estimate of drug-likeness (QED) is 0.707. The van der Waals surface area contributed by atoms with Gasteiger partial charge >= 0.3 is 0 Å². The highest BCUT2D eigenvalue weighted by atomic mass is 19.1. The van der Waals surface area contributed by atoms with Crippen molar-refractivity contribution < 1.29 is 14.0 Å². The van der Waals surface area contributed by atoms with Gasteiger partial charge in [-0.05, 0) is 50.1 Å². The Kier molecular flexibility index (Phi) is 6.72. The number of carbonyl (C=O) groups excluding carboxylic acids is 2. The summed E-state index contributed by atoms with van der Waals surface area (Å²) in [5.41, 5.74) is 1.70. The molecule has 0 bridgehead atoms. The molecule has 0 fully saturated rings. The fourth-order valence-corrected chi connectivity index (χ4v) is 3.95. The second kappa shape index (κ2) is 9.25. The van der Waals surface area contributed by atoms with Gasteiger partial charge in [0.2, 0.25) is 11.8 Å². The van der Waals surface area contributed by atoms with Crippen LogP contribution in [0.15, 0.2) is 42.6 Å². The number of fused-ring (bicyclic) bond motifs is 1. The van der Waals surface area contributed by atoms with E-state index >= 15 is 0 Å². The van der Waals surface area contributed by atoms with Crippen LogP contribution >= 0.6 is 0 Å². The summed E-state index contributed by atoms with van der Waals surface area (Å²) in [7, 11) is 0. The molecule has 1 atom stereocenters. The zero-order valence-corrected chi connectivity index (χ0v) is 17.5. The zero-order valence-electron chi connectivity index (χ0n) is 17.5. The molecule has 1 aromatic carbocycles. The highest BCUT2D eigenvalue weighted by molar-refractivity contribution is 5.85. The topological polar surface area (TPSA) is 45.6 Å². The molecule has 156 valence electrons. The highest BCUT2D eigenvalue weighted by Crippen LogP contribution is 2.33. The normalized spacial score (nSPS) is 16.0. The van der Waals surface area contributed by atoms with E-state index in [9.17, 15) is 14.0 Å². The van der Waals surface area contributed by atoms with Gasteiger partial charge in [-0.3, -0.25) is 9.59 Å². The molecule has 1 unspecified atom stereocenters. The first-order chi connectivity index (χ1) is 13.9. The summed E-state index contributed by atoms with van der Waals surface area (Å²) < 4.78 is 16.0. The first kappa shape index (κ1) is 21.1. The fraction of sp³-hybridized carbons (Fsp3) is 0.478. The molecule has 2 amide bonds. The van der Waals surface area contributed by atoms with Crippen LogP contribution in [-0.4, -0.2) is 45.3 Å². The summed E-state index contributed by atoms with van der Waals surface area (Å²) in [6.07, 6.45) is 4.20. The van der Waals surface area contributed by atoms with Crippen LogP contribution in [0.1, 0.15) is 57.3 Å². The van der Waals surface area contributed by atoms with Crippen LogP contribution in [0.3, 0.4) is 0 Å². The molecule has 1 aliphatic rings. The molecule has 3 rings (SSSR count). The summed E-state index contributed by atoms with van der Waals surface area (Å²) in [6, 6.07) is 9.93. The van der Waals surface area contributed by atoms with Gasteiger partial charge in [-0.25, -0.2) is 4.39 Å². The maximum atomic E-state index is 13.9. The van der Waals surface area contributed by atoms with Crippen LogP contribution in [0.5, 0.6) is 0 Å². The molecule has 1 aromatic heterocycles. The first-order valence-corrected chi connectivity index (χ1v) is 10.4. The molecule has 0 saturated heterocycles. The molecule has 29 heavy (non-hydrogen) atoms. The van der Waals surface area contributed by atoms with Gasteiger partial charge in [0.25, 0.3) is 0 Å². The molecular formula is C23H30FN3O2. The largest absolute Gasteiger partial charge is 0.348 e. The Balaban J connectivity index is 1.87. The van der Waals surface area contributed by atoms with E-state index in [-0.39, 0.29) is 36.3 Å². The molecule has 0 aliphatic carbocycles. The maximum Gasteiger partial charge on any atom is 0.243 e. The molecule has 1 aliphatic heterocycles. The van der Waals surface area contributed by atoms with Crippen molar-refractivity contribution in [1.29, 1.82) is 0 Å². The van der Waals surface area contributed by atoms with Crippen molar-refractivity contribution in [3.8, 4) is 0 Å². The zero-order chi connectivity index (χ0) is 21.0. The Bertz CT molecular complexity index is 861. The van der Waals surface area contributed by atoms with Gasteiger partial charge in [-0.1, -0.05) is 25.5 Å². The SMILES string of the molecule is CCCCC(=O)N(CC(=O)N1CCn2cccc2C1c1cccc(F)c1)C(C)C. The Labute approximate surface area is 172 Å². The van der Waals surface area contributed by atoms with Gasteiger partial charge in [-0.2, -0.15) is 0 Å². The highest BCUT2D eigenvalue weighted by Gasteiger charge is 2.33. The number of amides is 2. The molecule has 0 N–H and O–H groups in total. The second-order valence-electron chi connectivity index (χ2n) is 7.89. The summed E-state index contributed by atoms with van der Waals surface area (Å²) in [4.78, 5) is 29.4. The lowest BCUT2D eigenvalue weighted by Gasteiger charge is -2.39. The lowest BCUT2D eigenvalue weighted by molar-refractivity contribution is -0.143. The lowest BCUT2D eigenvalue weighted by atomic mass is 9.99. The summed E-state index contributed by atoms with van der Waals surface area (Å²) in [5.74, 6) is -0.416. The van der Waals surface area contributed by atoms with Crippen molar-refractivity contribution in [3.63, 3.8) is 0 Å². The third-order valence-electron chi connectivity index (χ3n) is 5.52. The van der Waals surface area contributed by atoms with Crippen LogP contribution in [0.25, 0.3) is 0 Å². The molecule has 0 saturated carbocycles. The maximum absolute atomic E-state index is 13.9. The number of hydrogen-bond donors (Lipinski definition) is 0. The number of carbonyl (C=O) groups is 2. The van der Waals surface area contributed by atoms with E-state index in [1.54, 1.807) is 15.9 Å². The number of aromatic nitrogens is 1. The number of halogens is 1. The minimum Gasteiger partial charge on any atom is -0.348 e. The molecule has 0 spiro atoms. The van der Waals surface area contributed by atoms with Crippen LogP contribution < -0.4 is 0 Å². The molecule has 2 heterocycles. The Morgan fingerprint density at radius 1 is 1.21 bits per heavy atom. The van der Waals surface area contributed by atoms with Gasteiger partial charge in [0.1, 0.15) is 12.4 Å². The number of unbranched alkanes of at least 4 members (excludes halogenated alkanes) is 1. The average molecular weight is 400 g/mol. The van der Waals surface area contributed by atoms with Gasteiger partial charge in [0.15, 0.2) is 0 Å². The number of hydrogen-bond acceptors (Lipinski definition) is 2. The van der Waals surface area contributed by atoms with Gasteiger partial charge < -0.3 is 14.4 Å². The van der Waals surface area contributed by atoms with Crippen LogP contribution in [0, 0.1) is 5.82 Å². The lowest BCUT2D eigenvalue weighted by Crippen LogP contribution is -2.49. The minimum absolute atomic E-state index is 0.0119. The smallest absolute Gasteiger partial charge is 0.243 e. The monoisotopic (exact) mass is 399 g/mol. The molecular weight excluding hydrogens is 369 g/mol. The molecule has 6 heteroatoms. The number of benzene rings is 1. The van der Waals surface area contributed by atoms with Crippen molar-refractivity contribution in [2.75, 3.05) is 13.1 Å². The van der Waals surface area contributed by atoms with E-state index in [1.165, 1.54) is 12.1 Å². The van der Waals surface area contributed by atoms with E-state index < -0.39 is 0 Å². The minimum atomic E-state index is -0.360. The van der Waals surface area contributed by atoms with Crippen molar-refractivity contribution >= 4 is 11.8 Å². The van der Waals surface area contributed by atoms with Crippen molar-refractivity contribution in [1.82, 2.24) is 14.4 Å². The van der Waals surface area contributed by atoms with Crippen molar-refractivity contribution in [2.24, 2.45) is 0 Å². The summed E-state index contributed by atoms with van der Waals surface area (Å²) >= 11 is 0. The standard InChI is InChI=1S/C23H30FN3O2/c1-4-5-11-21(28)27(17(2)3)16-22(29)26-14-13-25-12-7-10-20(25)23(26)18-8-6-9-19(24)15-18/h6-10,12,15,17,23H,4-5,11,13-14,16H2,1-3H3. The van der Waals surface area contributed by atoms with Gasteiger partial charge in [-0.15, -0.1) is 0 Å². The molecule has 0 radical (unpaired) electrons. The average Bonchev–Trinajstić information content (AvgIpc) is 3.17. The Morgan fingerprint density at radius 2 is 2.00 bits per heavy atom. The second-order valence-corrected chi connectivity index (χ2v) is 7.89. The van der Waals surface area contributed by atoms with Gasteiger partial charge in [0.05, 0.1) is 6.04 Å². The van der Waals surface area contributed by atoms with E-state index in [2.05, 4.69) is 4.57 Å². The summed E-state index contributed by atoms with van der Waals surface area (Å²) in [5, 5.41) is 0. The third-order valence-corrected chi connectivity index (χ3v) is 5.52. The molecule has 5 nitrogen and oxygen atoms in total. The van der Waals surface area contributed by atoms with E-state index in [4.69, 9.17) is 0 Å². The van der Waals surface area contributed by atoms with E-state index in [0.29, 0.717) is 19.5 Å².